The summed E-state index contributed by atoms with van der Waals surface area (Å²) in [6.45, 7) is 4.30. The lowest BCUT2D eigenvalue weighted by molar-refractivity contribution is -0.689. The van der Waals surface area contributed by atoms with Crippen LogP contribution in [0.25, 0.3) is 0 Å². The van der Waals surface area contributed by atoms with Crippen LogP contribution in [0.2, 0.25) is 0 Å². The minimum Gasteiger partial charge on any atom is -1.00 e. The maximum atomic E-state index is 12.5. The van der Waals surface area contributed by atoms with Crippen molar-refractivity contribution >= 4 is 11.5 Å². The Kier molecular flexibility index (Phi) is 7.18. The minimum absolute atomic E-state index is 0. The molecule has 3 aromatic rings. The highest BCUT2D eigenvalue weighted by Crippen LogP contribution is 2.17. The van der Waals surface area contributed by atoms with Crippen molar-refractivity contribution in [3.05, 3.63) is 105 Å². The lowest BCUT2D eigenvalue weighted by Gasteiger charge is -2.08. The predicted octanol–water partition coefficient (Wildman–Crippen LogP) is 0.977. The fraction of sp³-hybridized carbons (Fsp3) is 0.182. The average Bonchev–Trinajstić information content (AvgIpc) is 2.67. The number of Topliss-reactive ketones (excluding diaryl/α,β-unsaturated/α-hetero) is 1. The number of aromatic nitrogens is 1. The summed E-state index contributed by atoms with van der Waals surface area (Å²) in [6.07, 6.45) is 2.69. The third-order valence-corrected chi connectivity index (χ3v) is 4.64. The van der Waals surface area contributed by atoms with Crippen LogP contribution >= 0.6 is 0 Å². The van der Waals surface area contributed by atoms with E-state index in [9.17, 15) is 14.9 Å². The molecule has 3 rings (SSSR count). The first kappa shape index (κ1) is 21.4. The number of non-ortho nitro benzene ring substituents is 1. The van der Waals surface area contributed by atoms with Crippen molar-refractivity contribution in [3.63, 3.8) is 0 Å². The molecule has 0 amide bonds. The van der Waals surface area contributed by atoms with Crippen molar-refractivity contribution < 1.29 is 31.3 Å². The van der Waals surface area contributed by atoms with E-state index in [4.69, 9.17) is 0 Å². The molecule has 0 fully saturated rings. The second kappa shape index (κ2) is 9.37. The Morgan fingerprint density at radius 1 is 1.04 bits per heavy atom. The number of benzene rings is 2. The molecule has 0 spiro atoms. The van der Waals surface area contributed by atoms with Gasteiger partial charge in [-0.15, -0.1) is 0 Å². The molecule has 2 aromatic carbocycles. The van der Waals surface area contributed by atoms with E-state index in [1.165, 1.54) is 12.1 Å². The van der Waals surface area contributed by atoms with Crippen molar-refractivity contribution in [1.82, 2.24) is 0 Å². The van der Waals surface area contributed by atoms with Crippen molar-refractivity contribution in [2.75, 3.05) is 0 Å². The first-order chi connectivity index (χ1) is 12.9. The van der Waals surface area contributed by atoms with Gasteiger partial charge in [0, 0.05) is 36.2 Å². The molecule has 144 valence electrons. The first-order valence-corrected chi connectivity index (χ1v) is 8.75. The number of hydrogen-bond acceptors (Lipinski definition) is 3. The zero-order chi connectivity index (χ0) is 19.4. The Morgan fingerprint density at radius 3 is 2.29 bits per heavy atom. The largest absolute Gasteiger partial charge is 1.00 e. The SMILES string of the molecule is Cc1c[n+](CC(=O)c2ccccc2)c(C)cc1Cc1ccc([N+](=O)[O-])cc1.[Br-]. The standard InChI is InChI=1S/C22H21N2O3.BrH/c1-16-14-23(15-22(25)19-6-4-3-5-7-19)17(2)12-20(16)13-18-8-10-21(11-9-18)24(26)27;/h3-12,14H,13,15H2,1-2H3;1H/q+1;/p-1. The van der Waals surface area contributed by atoms with Crippen molar-refractivity contribution in [2.24, 2.45) is 0 Å². The van der Waals surface area contributed by atoms with Crippen molar-refractivity contribution in [3.8, 4) is 0 Å². The minimum atomic E-state index is -0.394. The van der Waals surface area contributed by atoms with Crippen LogP contribution in [0.15, 0.2) is 66.9 Å². The Morgan fingerprint density at radius 2 is 1.68 bits per heavy atom. The zero-order valence-corrected chi connectivity index (χ0v) is 17.3. The Balaban J connectivity index is 0.00000280. The van der Waals surface area contributed by atoms with Crippen LogP contribution in [-0.2, 0) is 13.0 Å². The maximum absolute atomic E-state index is 12.5. The summed E-state index contributed by atoms with van der Waals surface area (Å²) in [5.74, 6) is 0.0752. The molecule has 5 nitrogen and oxygen atoms in total. The van der Waals surface area contributed by atoms with Gasteiger partial charge in [-0.1, -0.05) is 42.5 Å². The predicted molar refractivity (Wildman–Crippen MR) is 103 cm³/mol. The van der Waals surface area contributed by atoms with Crippen LogP contribution < -0.4 is 21.5 Å². The van der Waals surface area contributed by atoms with Crippen LogP contribution in [0.4, 0.5) is 5.69 Å². The number of carbonyl (C=O) groups excluding carboxylic acids is 1. The second-order valence-corrected chi connectivity index (χ2v) is 6.64. The Hall–Kier alpha value is -2.86. The van der Waals surface area contributed by atoms with Gasteiger partial charge in [-0.3, -0.25) is 14.9 Å². The molecular formula is C22H21BrN2O3. The molecule has 28 heavy (non-hydrogen) atoms. The fourth-order valence-electron chi connectivity index (χ4n) is 3.05. The summed E-state index contributed by atoms with van der Waals surface area (Å²) < 4.78 is 1.96. The number of aryl methyl sites for hydroxylation is 2. The van der Waals surface area contributed by atoms with Crippen LogP contribution in [0.5, 0.6) is 0 Å². The van der Waals surface area contributed by atoms with Gasteiger partial charge in [0.15, 0.2) is 11.9 Å². The number of nitro groups is 1. The van der Waals surface area contributed by atoms with Gasteiger partial charge in [-0.25, -0.2) is 0 Å². The lowest BCUT2D eigenvalue weighted by atomic mass is 10.0. The molecule has 0 saturated carbocycles. The van der Waals surface area contributed by atoms with Crippen LogP contribution in [0.3, 0.4) is 0 Å². The summed E-state index contributed by atoms with van der Waals surface area (Å²) in [5, 5.41) is 10.8. The van der Waals surface area contributed by atoms with Gasteiger partial charge in [-0.05, 0) is 24.5 Å². The van der Waals surface area contributed by atoms with E-state index in [0.717, 1.165) is 22.4 Å². The van der Waals surface area contributed by atoms with Gasteiger partial charge in [0.1, 0.15) is 0 Å². The molecule has 0 unspecified atom stereocenters. The summed E-state index contributed by atoms with van der Waals surface area (Å²) in [5.41, 5.74) is 5.04. The van der Waals surface area contributed by atoms with Crippen molar-refractivity contribution in [2.45, 2.75) is 26.8 Å². The third-order valence-electron chi connectivity index (χ3n) is 4.64. The summed E-state index contributed by atoms with van der Waals surface area (Å²) in [4.78, 5) is 22.8. The topological polar surface area (TPSA) is 64.1 Å². The number of ketones is 1. The molecule has 1 aromatic heterocycles. The fourth-order valence-corrected chi connectivity index (χ4v) is 3.05. The highest BCUT2D eigenvalue weighted by molar-refractivity contribution is 5.94. The molecule has 0 aliphatic carbocycles. The van der Waals surface area contributed by atoms with Crippen LogP contribution in [0, 0.1) is 24.0 Å². The lowest BCUT2D eigenvalue weighted by Crippen LogP contribution is -3.00. The second-order valence-electron chi connectivity index (χ2n) is 6.64. The van der Waals surface area contributed by atoms with Crippen LogP contribution in [-0.4, -0.2) is 10.7 Å². The number of carbonyl (C=O) groups is 1. The van der Waals surface area contributed by atoms with Gasteiger partial charge in [-0.2, -0.15) is 4.57 Å². The number of halogens is 1. The number of hydrogen-bond donors (Lipinski definition) is 0. The highest BCUT2D eigenvalue weighted by Gasteiger charge is 2.17. The van der Waals surface area contributed by atoms with E-state index in [1.54, 1.807) is 12.1 Å². The quantitative estimate of drug-likeness (QED) is 0.248. The number of nitrogens with zero attached hydrogens (tertiary/aromatic N) is 2. The van der Waals surface area contributed by atoms with E-state index < -0.39 is 4.92 Å². The molecule has 1 heterocycles. The summed E-state index contributed by atoms with van der Waals surface area (Å²) in [7, 11) is 0. The molecule has 0 atom stereocenters. The zero-order valence-electron chi connectivity index (χ0n) is 15.8. The van der Waals surface area contributed by atoms with Gasteiger partial charge < -0.3 is 17.0 Å². The molecule has 0 saturated heterocycles. The smallest absolute Gasteiger partial charge is 0.269 e. The molecule has 0 aliphatic rings. The normalized spacial score (nSPS) is 10.2. The van der Waals surface area contributed by atoms with Crippen molar-refractivity contribution in [1.29, 1.82) is 0 Å². The van der Waals surface area contributed by atoms with Gasteiger partial charge in [0.25, 0.3) is 5.69 Å². The first-order valence-electron chi connectivity index (χ1n) is 8.75. The van der Waals surface area contributed by atoms with Gasteiger partial charge >= 0.3 is 0 Å². The average molecular weight is 441 g/mol. The Labute approximate surface area is 174 Å². The van der Waals surface area contributed by atoms with Gasteiger partial charge in [0.2, 0.25) is 12.3 Å². The molecule has 0 bridgehead atoms. The molecule has 6 heteroatoms. The molecular weight excluding hydrogens is 420 g/mol. The molecule has 0 N–H and O–H groups in total. The number of nitro benzene ring substituents is 1. The summed E-state index contributed by atoms with van der Waals surface area (Å²) >= 11 is 0. The highest BCUT2D eigenvalue weighted by atomic mass is 79.9. The molecule has 0 radical (unpaired) electrons. The monoisotopic (exact) mass is 440 g/mol. The maximum Gasteiger partial charge on any atom is 0.269 e. The molecule has 0 aliphatic heterocycles. The van der Waals surface area contributed by atoms with Crippen LogP contribution in [0.1, 0.15) is 32.7 Å². The van der Waals surface area contributed by atoms with E-state index in [0.29, 0.717) is 18.5 Å². The van der Waals surface area contributed by atoms with E-state index in [1.807, 2.05) is 54.9 Å². The number of rotatable bonds is 6. The van der Waals surface area contributed by atoms with E-state index in [2.05, 4.69) is 6.07 Å². The Bertz CT molecular complexity index is 987. The third kappa shape index (κ3) is 5.10. The number of pyridine rings is 1. The van der Waals surface area contributed by atoms with E-state index in [-0.39, 0.29) is 28.5 Å². The summed E-state index contributed by atoms with van der Waals surface area (Å²) in [6, 6.07) is 18.0. The van der Waals surface area contributed by atoms with E-state index >= 15 is 0 Å². The van der Waals surface area contributed by atoms with Gasteiger partial charge in [0.05, 0.1) is 4.92 Å².